The number of rotatable bonds is 7. The van der Waals surface area contributed by atoms with Crippen LogP contribution >= 0.6 is 24.0 Å². The van der Waals surface area contributed by atoms with E-state index < -0.39 is 0 Å². The smallest absolute Gasteiger partial charge is 0.270 e. The number of carbonyl (C=O) groups is 1. The van der Waals surface area contributed by atoms with E-state index in [2.05, 4.69) is 22.8 Å². The molecule has 4 rings (SSSR count). The van der Waals surface area contributed by atoms with Crippen molar-refractivity contribution in [1.82, 2.24) is 14.4 Å². The number of anilines is 1. The Balaban J connectivity index is 1.72. The van der Waals surface area contributed by atoms with Crippen LogP contribution in [0.2, 0.25) is 0 Å². The number of hydrogen-bond acceptors (Lipinski definition) is 7. The summed E-state index contributed by atoms with van der Waals surface area (Å²) in [6.07, 6.45) is 2.55. The number of thiocarbonyl (C=S) groups is 1. The molecule has 9 heteroatoms. The van der Waals surface area contributed by atoms with Gasteiger partial charge in [-0.2, -0.15) is 5.26 Å². The van der Waals surface area contributed by atoms with Gasteiger partial charge in [0.15, 0.2) is 0 Å². The highest BCUT2D eigenvalue weighted by Gasteiger charge is 2.33. The molecule has 0 N–H and O–H groups in total. The Morgan fingerprint density at radius 1 is 1.08 bits per heavy atom. The number of amides is 1. The van der Waals surface area contributed by atoms with Crippen molar-refractivity contribution in [3.8, 4) is 6.07 Å². The summed E-state index contributed by atoms with van der Waals surface area (Å²) >= 11 is 6.85. The molecule has 2 aliphatic rings. The molecule has 0 saturated carbocycles. The summed E-state index contributed by atoms with van der Waals surface area (Å²) in [4.78, 5) is 33.3. The topological polar surface area (TPSA) is 72.6 Å². The van der Waals surface area contributed by atoms with Crippen molar-refractivity contribution in [2.45, 2.75) is 33.7 Å². The van der Waals surface area contributed by atoms with Gasteiger partial charge >= 0.3 is 0 Å². The summed E-state index contributed by atoms with van der Waals surface area (Å²) in [6.45, 7) is 11.1. The Bertz CT molecular complexity index is 1290. The highest BCUT2D eigenvalue weighted by Crippen LogP contribution is 2.36. The van der Waals surface area contributed by atoms with E-state index in [9.17, 15) is 14.9 Å². The van der Waals surface area contributed by atoms with Gasteiger partial charge in [0, 0.05) is 44.8 Å². The van der Waals surface area contributed by atoms with Gasteiger partial charge in [-0.1, -0.05) is 61.2 Å². The van der Waals surface area contributed by atoms with Crippen LogP contribution in [0.4, 0.5) is 5.82 Å². The van der Waals surface area contributed by atoms with Gasteiger partial charge in [-0.05, 0) is 44.0 Å². The predicted molar refractivity (Wildman–Crippen MR) is 150 cm³/mol. The van der Waals surface area contributed by atoms with E-state index in [1.165, 1.54) is 11.8 Å². The number of aromatic nitrogens is 1. The van der Waals surface area contributed by atoms with Crippen LogP contribution in [-0.4, -0.2) is 63.9 Å². The molecule has 36 heavy (non-hydrogen) atoms. The minimum Gasteiger partial charge on any atom is -0.355 e. The van der Waals surface area contributed by atoms with Crippen molar-refractivity contribution >= 4 is 46.1 Å². The highest BCUT2D eigenvalue weighted by atomic mass is 32.2. The quantitative estimate of drug-likeness (QED) is 0.407. The van der Waals surface area contributed by atoms with Crippen molar-refractivity contribution in [2.24, 2.45) is 0 Å². The molecule has 0 unspecified atom stereocenters. The van der Waals surface area contributed by atoms with Crippen LogP contribution in [0.15, 0.2) is 40.0 Å². The molecule has 0 radical (unpaired) electrons. The normalized spacial score (nSPS) is 17.8. The Morgan fingerprint density at radius 2 is 1.78 bits per heavy atom. The zero-order chi connectivity index (χ0) is 25.8. The maximum absolute atomic E-state index is 13.4. The van der Waals surface area contributed by atoms with Gasteiger partial charge in [-0.25, -0.2) is 0 Å². The SMILES string of the molecule is CCN1CCN(c2c(/C=C3\SC(=S)N(CCc4ccccc4)C3=O)c(C)c(C#N)c(=O)n2CC)CC1. The number of nitriles is 1. The highest BCUT2D eigenvalue weighted by molar-refractivity contribution is 8.26. The molecule has 3 heterocycles. The van der Waals surface area contributed by atoms with Crippen molar-refractivity contribution in [3.05, 3.63) is 67.8 Å². The molecule has 0 spiro atoms. The number of piperazine rings is 1. The monoisotopic (exact) mass is 521 g/mol. The van der Waals surface area contributed by atoms with Crippen molar-refractivity contribution in [2.75, 3.05) is 44.2 Å². The zero-order valence-electron chi connectivity index (χ0n) is 21.0. The first kappa shape index (κ1) is 26.1. The average molecular weight is 522 g/mol. The van der Waals surface area contributed by atoms with Gasteiger partial charge in [-0.3, -0.25) is 19.1 Å². The Morgan fingerprint density at radius 3 is 2.39 bits per heavy atom. The fourth-order valence-corrected chi connectivity index (χ4v) is 6.05. The molecule has 2 aromatic rings. The van der Waals surface area contributed by atoms with E-state index in [1.54, 1.807) is 16.4 Å². The fraction of sp³-hybridized carbons (Fsp3) is 0.407. The number of likely N-dealkylation sites (N-methyl/N-ethyl adjacent to an activating group) is 1. The summed E-state index contributed by atoms with van der Waals surface area (Å²) in [5.41, 5.74) is 2.35. The third-order valence-corrected chi connectivity index (χ3v) is 8.28. The molecule has 1 aromatic heterocycles. The molecule has 1 amide bonds. The summed E-state index contributed by atoms with van der Waals surface area (Å²) in [7, 11) is 0. The zero-order valence-corrected chi connectivity index (χ0v) is 22.6. The van der Waals surface area contributed by atoms with E-state index in [4.69, 9.17) is 12.2 Å². The van der Waals surface area contributed by atoms with E-state index >= 15 is 0 Å². The van der Waals surface area contributed by atoms with Crippen LogP contribution in [0.5, 0.6) is 0 Å². The Kier molecular flexibility index (Phi) is 8.29. The molecule has 2 fully saturated rings. The molecule has 0 atom stereocenters. The molecule has 1 aromatic carbocycles. The molecule has 188 valence electrons. The maximum atomic E-state index is 13.4. The van der Waals surface area contributed by atoms with Gasteiger partial charge in [0.05, 0.1) is 4.91 Å². The number of thioether (sulfide) groups is 1. The van der Waals surface area contributed by atoms with E-state index in [0.717, 1.165) is 49.7 Å². The molecular formula is C27H31N5O2S2. The van der Waals surface area contributed by atoms with E-state index in [0.29, 0.717) is 34.3 Å². The number of nitrogens with zero attached hydrogens (tertiary/aromatic N) is 5. The number of hydrogen-bond donors (Lipinski definition) is 0. The fourth-order valence-electron chi connectivity index (χ4n) is 4.76. The lowest BCUT2D eigenvalue weighted by Gasteiger charge is -2.37. The molecule has 7 nitrogen and oxygen atoms in total. The van der Waals surface area contributed by atoms with Gasteiger partial charge in [0.25, 0.3) is 11.5 Å². The van der Waals surface area contributed by atoms with Crippen molar-refractivity contribution in [1.29, 1.82) is 5.26 Å². The molecule has 0 bridgehead atoms. The van der Waals surface area contributed by atoms with E-state index in [1.807, 2.05) is 43.3 Å². The summed E-state index contributed by atoms with van der Waals surface area (Å²) in [5, 5.41) is 9.78. The van der Waals surface area contributed by atoms with Gasteiger partial charge < -0.3 is 9.80 Å². The van der Waals surface area contributed by atoms with Gasteiger partial charge in [0.2, 0.25) is 0 Å². The largest absolute Gasteiger partial charge is 0.355 e. The van der Waals surface area contributed by atoms with Crippen molar-refractivity contribution in [3.63, 3.8) is 0 Å². The van der Waals surface area contributed by atoms with Crippen LogP contribution in [0.3, 0.4) is 0 Å². The lowest BCUT2D eigenvalue weighted by Crippen LogP contribution is -2.48. The standard InChI is InChI=1S/C27H31N5O2S2/c1-4-29-13-15-30(16-14-29)24-21(19(3)22(18-28)25(33)31(24)5-2)17-23-26(34)32(27(35)36-23)12-11-20-9-7-6-8-10-20/h6-10,17H,4-5,11-16H2,1-3H3/b23-17-. The van der Waals surface area contributed by atoms with Crippen LogP contribution in [0, 0.1) is 18.3 Å². The first-order chi connectivity index (χ1) is 17.4. The first-order valence-corrected chi connectivity index (χ1v) is 13.6. The average Bonchev–Trinajstić information content (AvgIpc) is 3.16. The maximum Gasteiger partial charge on any atom is 0.270 e. The lowest BCUT2D eigenvalue weighted by atomic mass is 10.0. The minimum atomic E-state index is -0.280. The van der Waals surface area contributed by atoms with Crippen molar-refractivity contribution < 1.29 is 4.79 Å². The third-order valence-electron chi connectivity index (χ3n) is 6.90. The van der Waals surface area contributed by atoms with Crippen LogP contribution < -0.4 is 10.5 Å². The predicted octanol–water partition coefficient (Wildman–Crippen LogP) is 3.63. The Labute approximate surface area is 222 Å². The van der Waals surface area contributed by atoms with Crippen LogP contribution in [0.25, 0.3) is 6.08 Å². The molecule has 2 saturated heterocycles. The van der Waals surface area contributed by atoms with Crippen LogP contribution in [-0.2, 0) is 17.8 Å². The number of benzene rings is 1. The van der Waals surface area contributed by atoms with Gasteiger partial charge in [-0.15, -0.1) is 0 Å². The number of carbonyl (C=O) groups excluding carboxylic acids is 1. The van der Waals surface area contributed by atoms with Crippen LogP contribution in [0.1, 0.15) is 36.1 Å². The second kappa shape index (κ2) is 11.4. The molecular weight excluding hydrogens is 490 g/mol. The molecule has 0 aliphatic carbocycles. The second-order valence-corrected chi connectivity index (χ2v) is 10.6. The second-order valence-electron chi connectivity index (χ2n) is 8.89. The summed E-state index contributed by atoms with van der Waals surface area (Å²) < 4.78 is 2.21. The summed E-state index contributed by atoms with van der Waals surface area (Å²) in [5.74, 6) is 0.652. The Hall–Kier alpha value is -2.93. The number of pyridine rings is 1. The minimum absolute atomic E-state index is 0.124. The van der Waals surface area contributed by atoms with E-state index in [-0.39, 0.29) is 17.0 Å². The van der Waals surface area contributed by atoms with Gasteiger partial charge in [0.1, 0.15) is 21.8 Å². The molecule has 2 aliphatic heterocycles. The summed E-state index contributed by atoms with van der Waals surface area (Å²) in [6, 6.07) is 12.1. The first-order valence-electron chi connectivity index (χ1n) is 12.3. The third kappa shape index (κ3) is 5.12. The lowest BCUT2D eigenvalue weighted by molar-refractivity contribution is -0.122.